The highest BCUT2D eigenvalue weighted by molar-refractivity contribution is 7.95. The number of rotatable bonds is 3. The fourth-order valence-corrected chi connectivity index (χ4v) is 7.07. The minimum atomic E-state index is -3.77. The predicted molar refractivity (Wildman–Crippen MR) is 83.1 cm³/mol. The van der Waals surface area contributed by atoms with Crippen LogP contribution in [0.3, 0.4) is 0 Å². The molecule has 6 heteroatoms. The van der Waals surface area contributed by atoms with Gasteiger partial charge in [0.1, 0.15) is 9.73 Å². The van der Waals surface area contributed by atoms with Gasteiger partial charge in [0, 0.05) is 6.92 Å². The Hall–Kier alpha value is -0.753. The van der Waals surface area contributed by atoms with Gasteiger partial charge >= 0.3 is 5.25 Å². The van der Waals surface area contributed by atoms with Crippen LogP contribution in [-0.2, 0) is 9.73 Å². The van der Waals surface area contributed by atoms with E-state index in [0.717, 1.165) is 0 Å². The van der Waals surface area contributed by atoms with E-state index in [2.05, 4.69) is 4.03 Å². The Balaban J connectivity index is 3.64. The van der Waals surface area contributed by atoms with Crippen LogP contribution in [0.15, 0.2) is 39.3 Å². The average Bonchev–Trinajstić information content (AvgIpc) is 2.26. The van der Waals surface area contributed by atoms with Crippen molar-refractivity contribution in [3.63, 3.8) is 0 Å². The number of hydrogen-bond acceptors (Lipinski definition) is 2. The molecule has 0 amide bonds. The minimum absolute atomic E-state index is 0.109. The highest BCUT2D eigenvalue weighted by Gasteiger charge is 2.44. The molecule has 0 saturated heterocycles. The van der Waals surface area contributed by atoms with Crippen LogP contribution in [0.2, 0.25) is 18.1 Å². The first-order valence-electron chi connectivity index (χ1n) is 6.52. The van der Waals surface area contributed by atoms with Gasteiger partial charge in [-0.1, -0.05) is 39.0 Å². The lowest BCUT2D eigenvalue weighted by Crippen LogP contribution is -2.39. The Labute approximate surface area is 121 Å². The highest BCUT2D eigenvalue weighted by Crippen LogP contribution is 2.41. The van der Waals surface area contributed by atoms with E-state index in [-0.39, 0.29) is 9.93 Å². The smallest absolute Gasteiger partial charge is 0.268 e. The second-order valence-electron chi connectivity index (χ2n) is 6.55. The zero-order valence-electron chi connectivity index (χ0n) is 12.9. The molecule has 1 aromatic carbocycles. The number of halogens is 2. The van der Waals surface area contributed by atoms with Gasteiger partial charge in [0.25, 0.3) is 0 Å². The van der Waals surface area contributed by atoms with Gasteiger partial charge in [-0.05, 0) is 30.3 Å². The first-order valence-corrected chi connectivity index (χ1v) is 11.0. The molecule has 0 radical (unpaired) electrons. The summed E-state index contributed by atoms with van der Waals surface area (Å²) in [4.78, 5) is 0.109. The summed E-state index contributed by atoms with van der Waals surface area (Å²) in [6.45, 7) is 10.3. The second kappa shape index (κ2) is 5.22. The molecule has 1 atom stereocenters. The number of alkyl halides is 2. The molecule has 0 aliphatic carbocycles. The maximum absolute atomic E-state index is 14.0. The van der Waals surface area contributed by atoms with E-state index < -0.39 is 23.2 Å². The van der Waals surface area contributed by atoms with Gasteiger partial charge in [-0.2, -0.15) is 8.78 Å². The van der Waals surface area contributed by atoms with Crippen LogP contribution >= 0.6 is 0 Å². The molecule has 20 heavy (non-hydrogen) atoms. The fourth-order valence-electron chi connectivity index (χ4n) is 1.40. The van der Waals surface area contributed by atoms with E-state index >= 15 is 0 Å². The summed E-state index contributed by atoms with van der Waals surface area (Å²) in [6, 6.07) is 7.88. The van der Waals surface area contributed by atoms with Crippen LogP contribution < -0.4 is 0 Å². The summed E-state index contributed by atoms with van der Waals surface area (Å²) in [5.74, 6) is 0. The maximum atomic E-state index is 14.0. The van der Waals surface area contributed by atoms with Gasteiger partial charge in [-0.15, -0.1) is 0 Å². The molecule has 0 unspecified atom stereocenters. The largest absolute Gasteiger partial charge is 0.329 e. The lowest BCUT2D eigenvalue weighted by atomic mass is 10.2. The molecule has 0 aliphatic rings. The molecule has 0 saturated carbocycles. The topological polar surface area (TPSA) is 29.4 Å². The van der Waals surface area contributed by atoms with Gasteiger partial charge in [0.15, 0.2) is 8.24 Å². The van der Waals surface area contributed by atoms with Crippen LogP contribution in [0.25, 0.3) is 0 Å². The van der Waals surface area contributed by atoms with Crippen molar-refractivity contribution >= 4 is 18.0 Å². The molecule has 2 nitrogen and oxygen atoms in total. The van der Waals surface area contributed by atoms with Crippen molar-refractivity contribution in [1.29, 1.82) is 0 Å². The third-order valence-corrected chi connectivity index (χ3v) is 12.1. The van der Waals surface area contributed by atoms with E-state index in [0.29, 0.717) is 6.92 Å². The summed E-state index contributed by atoms with van der Waals surface area (Å²) in [6.07, 6.45) is 0. The predicted octanol–water partition coefficient (Wildman–Crippen LogP) is 5.13. The van der Waals surface area contributed by atoms with E-state index in [1.165, 1.54) is 12.1 Å². The van der Waals surface area contributed by atoms with Crippen molar-refractivity contribution in [2.75, 3.05) is 0 Å². The van der Waals surface area contributed by atoms with Crippen molar-refractivity contribution in [3.05, 3.63) is 30.3 Å². The molecule has 0 N–H and O–H groups in total. The third kappa shape index (κ3) is 3.28. The third-order valence-electron chi connectivity index (χ3n) is 3.74. The van der Waals surface area contributed by atoms with Crippen LogP contribution in [-0.4, -0.2) is 17.7 Å². The lowest BCUT2D eigenvalue weighted by molar-refractivity contribution is 0.119. The molecule has 0 fully saturated rings. The summed E-state index contributed by atoms with van der Waals surface area (Å²) in [5.41, 5.74) is 0. The first-order chi connectivity index (χ1) is 8.81. The van der Waals surface area contributed by atoms with Crippen molar-refractivity contribution in [1.82, 2.24) is 0 Å². The minimum Gasteiger partial charge on any atom is -0.268 e. The van der Waals surface area contributed by atoms with Crippen molar-refractivity contribution in [3.8, 4) is 0 Å². The molecule has 1 rings (SSSR count). The summed E-state index contributed by atoms with van der Waals surface area (Å²) in [7, 11) is -6.23. The Kier molecular flexibility index (Phi) is 4.51. The molecule has 0 aliphatic heterocycles. The zero-order valence-corrected chi connectivity index (χ0v) is 14.7. The number of nitrogens with zero attached hydrogens (tertiary/aromatic N) is 1. The Morgan fingerprint density at radius 1 is 1.05 bits per heavy atom. The van der Waals surface area contributed by atoms with Gasteiger partial charge in [-0.25, -0.2) is 4.21 Å². The quantitative estimate of drug-likeness (QED) is 0.710. The molecule has 0 aromatic heterocycles. The Bertz CT molecular complexity index is 579. The Morgan fingerprint density at radius 3 is 1.85 bits per heavy atom. The van der Waals surface area contributed by atoms with Crippen LogP contribution in [0, 0.1) is 0 Å². The lowest BCUT2D eigenvalue weighted by Gasteiger charge is -2.34. The summed E-state index contributed by atoms with van der Waals surface area (Å²) >= 11 is 0. The second-order valence-corrected chi connectivity index (χ2v) is 14.1. The highest BCUT2D eigenvalue weighted by atomic mass is 32.2. The van der Waals surface area contributed by atoms with Gasteiger partial charge in [-0.3, -0.25) is 4.03 Å². The van der Waals surface area contributed by atoms with E-state index in [1.54, 1.807) is 18.2 Å². The normalized spacial score (nSPS) is 16.6. The van der Waals surface area contributed by atoms with Gasteiger partial charge in [0.2, 0.25) is 0 Å². The Morgan fingerprint density at radius 2 is 1.50 bits per heavy atom. The molecule has 0 bridgehead atoms. The molecule has 0 spiro atoms. The molecule has 1 aromatic rings. The fraction of sp³-hybridized carbons (Fsp3) is 0.571. The summed E-state index contributed by atoms with van der Waals surface area (Å²) < 4.78 is 45.3. The SMILES string of the molecule is CC(C)(C)[Si](C)(C)N=[S@](=O)(c1ccccc1)C(C)(F)F. The van der Waals surface area contributed by atoms with E-state index in [4.69, 9.17) is 0 Å². The van der Waals surface area contributed by atoms with Crippen LogP contribution in [0.5, 0.6) is 0 Å². The number of benzene rings is 1. The molecule has 0 heterocycles. The summed E-state index contributed by atoms with van der Waals surface area (Å²) in [5, 5.41) is -3.61. The van der Waals surface area contributed by atoms with Gasteiger partial charge < -0.3 is 0 Å². The van der Waals surface area contributed by atoms with Crippen molar-refractivity contribution in [2.24, 2.45) is 4.03 Å². The maximum Gasteiger partial charge on any atom is 0.329 e. The average molecular weight is 319 g/mol. The monoisotopic (exact) mass is 319 g/mol. The zero-order chi connectivity index (χ0) is 15.8. The molecule has 114 valence electrons. The van der Waals surface area contributed by atoms with Crippen molar-refractivity contribution in [2.45, 2.75) is 56.0 Å². The number of hydrogen-bond donors (Lipinski definition) is 0. The first kappa shape index (κ1) is 17.3. The van der Waals surface area contributed by atoms with Crippen molar-refractivity contribution < 1.29 is 13.0 Å². The van der Waals surface area contributed by atoms with Gasteiger partial charge in [0.05, 0.1) is 4.90 Å². The standard InChI is InChI=1S/C14H23F2NOSSi/c1-13(2,3)20(5,6)17-19(18,14(4,15)16)12-10-8-7-9-11-12/h7-11H,1-6H3/t19-/m0/s1. The molecular weight excluding hydrogens is 296 g/mol. The van der Waals surface area contributed by atoms with Crippen LogP contribution in [0.4, 0.5) is 8.78 Å². The van der Waals surface area contributed by atoms with Crippen LogP contribution in [0.1, 0.15) is 27.7 Å². The van der Waals surface area contributed by atoms with E-state index in [9.17, 15) is 13.0 Å². The molecular formula is C14H23F2NOSSi. The van der Waals surface area contributed by atoms with E-state index in [1.807, 2.05) is 33.9 Å².